The minimum absolute atomic E-state index is 0.0572. The van der Waals surface area contributed by atoms with Gasteiger partial charge in [0, 0.05) is 5.69 Å². The molecule has 0 atom stereocenters. The molecular weight excluding hydrogens is 293 g/mol. The maximum atomic E-state index is 13.1. The fourth-order valence-electron chi connectivity index (χ4n) is 2.20. The van der Waals surface area contributed by atoms with Gasteiger partial charge in [0.05, 0.1) is 16.1 Å². The van der Waals surface area contributed by atoms with Crippen LogP contribution in [0.5, 0.6) is 0 Å². The van der Waals surface area contributed by atoms with Crippen molar-refractivity contribution in [2.75, 3.05) is 5.32 Å². The van der Waals surface area contributed by atoms with Gasteiger partial charge in [-0.05, 0) is 30.3 Å². The van der Waals surface area contributed by atoms with Crippen LogP contribution in [0.1, 0.15) is 0 Å². The third-order valence-corrected chi connectivity index (χ3v) is 3.44. The summed E-state index contributed by atoms with van der Waals surface area (Å²) in [6.45, 7) is 0. The Balaban J connectivity index is 1.75. The summed E-state index contributed by atoms with van der Waals surface area (Å²) in [6, 6.07) is 12.1. The van der Waals surface area contributed by atoms with Crippen molar-refractivity contribution in [3.05, 3.63) is 53.3 Å². The lowest BCUT2D eigenvalue weighted by molar-refractivity contribution is 0.628. The number of fused-ring (bicyclic) bond motifs is 3. The topological polar surface area (TPSA) is 58.0 Å². The van der Waals surface area contributed by atoms with Crippen LogP contribution in [0.25, 0.3) is 16.8 Å². The minimum atomic E-state index is -0.456. The van der Waals surface area contributed by atoms with E-state index >= 15 is 0 Å². The van der Waals surface area contributed by atoms with Gasteiger partial charge in [0.15, 0.2) is 0 Å². The molecular formula is C14H9ClFN5. The molecule has 0 saturated carbocycles. The molecule has 4 rings (SSSR count). The van der Waals surface area contributed by atoms with Crippen molar-refractivity contribution in [3.63, 3.8) is 0 Å². The zero-order chi connectivity index (χ0) is 14.4. The summed E-state index contributed by atoms with van der Waals surface area (Å²) < 4.78 is 14.9. The molecule has 5 nitrogen and oxygen atoms in total. The van der Waals surface area contributed by atoms with E-state index in [0.717, 1.165) is 11.0 Å². The number of H-pyrrole nitrogens is 1. The summed E-state index contributed by atoms with van der Waals surface area (Å²) in [6.07, 6.45) is 0. The molecule has 4 aromatic rings. The molecule has 0 spiro atoms. The molecule has 0 radical (unpaired) electrons. The third kappa shape index (κ3) is 2.00. The zero-order valence-corrected chi connectivity index (χ0v) is 11.4. The first-order valence-corrected chi connectivity index (χ1v) is 6.64. The Morgan fingerprint density at radius 1 is 1.14 bits per heavy atom. The van der Waals surface area contributed by atoms with Gasteiger partial charge >= 0.3 is 0 Å². The number of anilines is 2. The number of aromatic nitrogens is 4. The zero-order valence-electron chi connectivity index (χ0n) is 10.6. The van der Waals surface area contributed by atoms with Gasteiger partial charge in [0.2, 0.25) is 5.95 Å². The Morgan fingerprint density at radius 3 is 2.86 bits per heavy atom. The van der Waals surface area contributed by atoms with E-state index < -0.39 is 5.82 Å². The van der Waals surface area contributed by atoms with Gasteiger partial charge in [-0.15, -0.1) is 0 Å². The summed E-state index contributed by atoms with van der Waals surface area (Å²) in [7, 11) is 0. The lowest BCUT2D eigenvalue weighted by Crippen LogP contribution is -1.94. The minimum Gasteiger partial charge on any atom is -0.324 e. The number of nitrogens with one attached hydrogen (secondary N) is 2. The van der Waals surface area contributed by atoms with Crippen molar-refractivity contribution in [2.24, 2.45) is 0 Å². The number of para-hydroxylation sites is 2. The van der Waals surface area contributed by atoms with E-state index in [1.165, 1.54) is 12.1 Å². The maximum absolute atomic E-state index is 13.1. The van der Waals surface area contributed by atoms with Crippen LogP contribution in [0.4, 0.5) is 16.0 Å². The first-order chi connectivity index (χ1) is 10.2. The van der Waals surface area contributed by atoms with Crippen molar-refractivity contribution in [1.29, 1.82) is 0 Å². The Morgan fingerprint density at radius 2 is 2.00 bits per heavy atom. The van der Waals surface area contributed by atoms with E-state index in [9.17, 15) is 4.39 Å². The van der Waals surface area contributed by atoms with E-state index in [-0.39, 0.29) is 5.02 Å². The molecule has 7 heteroatoms. The number of benzene rings is 2. The average Bonchev–Trinajstić information content (AvgIpc) is 3.00. The smallest absolute Gasteiger partial charge is 0.253 e. The van der Waals surface area contributed by atoms with Crippen LogP contribution in [0.3, 0.4) is 0 Å². The van der Waals surface area contributed by atoms with E-state index in [2.05, 4.69) is 20.4 Å². The van der Waals surface area contributed by atoms with Crippen LogP contribution < -0.4 is 5.32 Å². The monoisotopic (exact) mass is 301 g/mol. The molecule has 21 heavy (non-hydrogen) atoms. The molecule has 2 aromatic carbocycles. The molecule has 0 saturated heterocycles. The number of hydrogen-bond acceptors (Lipinski definition) is 3. The third-order valence-electron chi connectivity index (χ3n) is 3.15. The molecule has 0 bridgehead atoms. The van der Waals surface area contributed by atoms with Gasteiger partial charge in [-0.1, -0.05) is 23.7 Å². The molecule has 104 valence electrons. The molecule has 0 amide bonds. The van der Waals surface area contributed by atoms with Crippen molar-refractivity contribution in [2.45, 2.75) is 0 Å². The number of aromatic amines is 1. The van der Waals surface area contributed by atoms with Crippen LogP contribution in [-0.2, 0) is 0 Å². The maximum Gasteiger partial charge on any atom is 0.253 e. The van der Waals surface area contributed by atoms with Crippen molar-refractivity contribution < 1.29 is 4.39 Å². The van der Waals surface area contributed by atoms with E-state index in [1.54, 1.807) is 10.6 Å². The number of halogens is 2. The van der Waals surface area contributed by atoms with Gasteiger partial charge in [0.1, 0.15) is 5.82 Å². The summed E-state index contributed by atoms with van der Waals surface area (Å²) >= 11 is 5.75. The lowest BCUT2D eigenvalue weighted by atomic mass is 10.3. The van der Waals surface area contributed by atoms with Gasteiger partial charge in [-0.2, -0.15) is 4.98 Å². The molecule has 0 fully saturated rings. The number of nitrogens with zero attached hydrogens (tertiary/aromatic N) is 3. The van der Waals surface area contributed by atoms with Gasteiger partial charge in [0.25, 0.3) is 5.78 Å². The van der Waals surface area contributed by atoms with E-state index in [1.807, 2.05) is 24.3 Å². The van der Waals surface area contributed by atoms with Gasteiger partial charge < -0.3 is 5.32 Å². The molecule has 2 heterocycles. The highest BCUT2D eigenvalue weighted by Crippen LogP contribution is 2.22. The fraction of sp³-hybridized carbons (Fsp3) is 0. The standard InChI is InChI=1S/C14H9ClFN5/c15-9-7-8(5-6-10(9)16)17-13-19-14-18-11-3-1-2-4-12(11)21(14)20-13/h1-7H,(H2,17,18,19,20). The highest BCUT2D eigenvalue weighted by molar-refractivity contribution is 6.31. The van der Waals surface area contributed by atoms with Crippen molar-refractivity contribution in [3.8, 4) is 0 Å². The van der Waals surface area contributed by atoms with Crippen LogP contribution in [-0.4, -0.2) is 19.6 Å². The molecule has 0 unspecified atom stereocenters. The largest absolute Gasteiger partial charge is 0.324 e. The summed E-state index contributed by atoms with van der Waals surface area (Å²) in [5.41, 5.74) is 2.44. The van der Waals surface area contributed by atoms with Crippen LogP contribution in [0.2, 0.25) is 5.02 Å². The van der Waals surface area contributed by atoms with Gasteiger partial charge in [-0.3, -0.25) is 5.10 Å². The lowest BCUT2D eigenvalue weighted by Gasteiger charge is -2.03. The Hall–Kier alpha value is -2.60. The van der Waals surface area contributed by atoms with E-state index in [0.29, 0.717) is 17.4 Å². The van der Waals surface area contributed by atoms with Crippen molar-refractivity contribution in [1.82, 2.24) is 19.6 Å². The van der Waals surface area contributed by atoms with Crippen LogP contribution in [0.15, 0.2) is 42.5 Å². The summed E-state index contributed by atoms with van der Waals surface area (Å²) in [5, 5.41) is 6.19. The normalized spacial score (nSPS) is 11.3. The Kier molecular flexibility index (Phi) is 2.58. The molecule has 2 aromatic heterocycles. The highest BCUT2D eigenvalue weighted by atomic mass is 35.5. The second-order valence-corrected chi connectivity index (χ2v) is 4.97. The number of rotatable bonds is 2. The second-order valence-electron chi connectivity index (χ2n) is 4.56. The second kappa shape index (κ2) is 4.46. The van der Waals surface area contributed by atoms with E-state index in [4.69, 9.17) is 11.6 Å². The summed E-state index contributed by atoms with van der Waals surface area (Å²) in [4.78, 5) is 8.75. The number of imidazole rings is 1. The molecule has 0 aliphatic rings. The molecule has 0 aliphatic carbocycles. The quantitative estimate of drug-likeness (QED) is 0.593. The first kappa shape index (κ1) is 12.2. The molecule has 2 N–H and O–H groups in total. The van der Waals surface area contributed by atoms with Crippen LogP contribution in [0, 0.1) is 5.82 Å². The van der Waals surface area contributed by atoms with Gasteiger partial charge in [-0.25, -0.2) is 13.9 Å². The van der Waals surface area contributed by atoms with Crippen molar-refractivity contribution >= 4 is 40.0 Å². The highest BCUT2D eigenvalue weighted by Gasteiger charge is 2.09. The van der Waals surface area contributed by atoms with Crippen LogP contribution >= 0.6 is 11.6 Å². The number of hydrogen-bond donors (Lipinski definition) is 2. The predicted octanol–water partition coefficient (Wildman–Crippen LogP) is 3.75. The fourth-order valence-corrected chi connectivity index (χ4v) is 2.38. The first-order valence-electron chi connectivity index (χ1n) is 6.26. The average molecular weight is 302 g/mol. The Bertz CT molecular complexity index is 958. The SMILES string of the molecule is Fc1ccc(Nc2nc3nc4ccccc4n3[nH]2)cc1Cl. The Labute approximate surface area is 123 Å². The predicted molar refractivity (Wildman–Crippen MR) is 79.5 cm³/mol. The summed E-state index contributed by atoms with van der Waals surface area (Å²) in [5.74, 6) is 0.611. The molecule has 0 aliphatic heterocycles.